The van der Waals surface area contributed by atoms with Gasteiger partial charge in [-0.05, 0) is 17.2 Å². The molecule has 1 N–H and O–H groups in total. The van der Waals surface area contributed by atoms with Crippen LogP contribution in [0.15, 0.2) is 85.1 Å². The molecule has 3 aromatic rings. The molecule has 1 aromatic heterocycles. The van der Waals surface area contributed by atoms with E-state index in [1.807, 2.05) is 24.4 Å². The zero-order chi connectivity index (χ0) is 16.2. The van der Waals surface area contributed by atoms with Crippen molar-refractivity contribution in [2.24, 2.45) is 0 Å². The molecular weight excluding hydrogens is 292 g/mol. The third-order valence-electron chi connectivity index (χ3n) is 4.19. The van der Waals surface area contributed by atoms with Crippen LogP contribution >= 0.6 is 0 Å². The lowest BCUT2D eigenvalue weighted by molar-refractivity contribution is 1.10. The lowest BCUT2D eigenvalue weighted by Crippen LogP contribution is -1.92. The summed E-state index contributed by atoms with van der Waals surface area (Å²) >= 11 is 0. The number of nitrogens with zero attached hydrogens (tertiary/aromatic N) is 1. The van der Waals surface area contributed by atoms with E-state index in [-0.39, 0.29) is 1.43 Å². The van der Waals surface area contributed by atoms with Crippen LogP contribution in [0.5, 0.6) is 0 Å². The van der Waals surface area contributed by atoms with Crippen LogP contribution < -0.4 is 0 Å². The summed E-state index contributed by atoms with van der Waals surface area (Å²) in [6.45, 7) is 0. The minimum Gasteiger partial charge on any atom is -0.338 e. The maximum Gasteiger partial charge on any atom is 0.137 e. The summed E-state index contributed by atoms with van der Waals surface area (Å²) in [4.78, 5) is 7.83. The molecule has 24 heavy (non-hydrogen) atoms. The minimum atomic E-state index is 0. The number of hydrogen-bond donors (Lipinski definition) is 1. The van der Waals surface area contributed by atoms with E-state index in [0.29, 0.717) is 5.92 Å². The van der Waals surface area contributed by atoms with Crippen molar-refractivity contribution < 1.29 is 1.43 Å². The molecule has 0 amide bonds. The SMILES string of the molecule is C1=CC(c2ccccc2/C=C/c2cnc(-c3ccccc3)[nH]2)C=C1.[HH]. The van der Waals surface area contributed by atoms with Crippen molar-refractivity contribution in [3.8, 4) is 11.4 Å². The van der Waals surface area contributed by atoms with Crippen LogP contribution in [0.1, 0.15) is 24.2 Å². The summed E-state index contributed by atoms with van der Waals surface area (Å²) in [6.07, 6.45) is 14.8. The molecule has 2 aromatic carbocycles. The number of hydrogen-bond acceptors (Lipinski definition) is 1. The average molecular weight is 312 g/mol. The maximum atomic E-state index is 4.47. The molecule has 1 heterocycles. The predicted molar refractivity (Wildman–Crippen MR) is 103 cm³/mol. The Bertz CT molecular complexity index is 908. The van der Waals surface area contributed by atoms with E-state index in [1.165, 1.54) is 11.1 Å². The highest BCUT2D eigenvalue weighted by molar-refractivity contribution is 5.71. The van der Waals surface area contributed by atoms with E-state index in [0.717, 1.165) is 17.1 Å². The topological polar surface area (TPSA) is 28.7 Å². The molecule has 0 fully saturated rings. The molecule has 0 radical (unpaired) electrons. The van der Waals surface area contributed by atoms with Gasteiger partial charge < -0.3 is 4.98 Å². The quantitative estimate of drug-likeness (QED) is 0.657. The van der Waals surface area contributed by atoms with Gasteiger partial charge in [-0.15, -0.1) is 0 Å². The molecule has 0 atom stereocenters. The summed E-state index contributed by atoms with van der Waals surface area (Å²) < 4.78 is 0. The number of nitrogens with one attached hydrogen (secondary N) is 1. The van der Waals surface area contributed by atoms with Gasteiger partial charge in [-0.3, -0.25) is 0 Å². The van der Waals surface area contributed by atoms with E-state index in [9.17, 15) is 0 Å². The van der Waals surface area contributed by atoms with Crippen molar-refractivity contribution in [2.75, 3.05) is 0 Å². The molecule has 2 nitrogen and oxygen atoms in total. The Hall–Kier alpha value is -3.13. The second kappa shape index (κ2) is 6.55. The first-order valence-corrected chi connectivity index (χ1v) is 8.12. The van der Waals surface area contributed by atoms with Gasteiger partial charge in [0.15, 0.2) is 0 Å². The highest BCUT2D eigenvalue weighted by Gasteiger charge is 2.09. The zero-order valence-corrected chi connectivity index (χ0v) is 13.3. The normalized spacial score (nSPS) is 14.0. The van der Waals surface area contributed by atoms with Gasteiger partial charge in [-0.2, -0.15) is 0 Å². The molecule has 2 heteroatoms. The number of aromatic nitrogens is 2. The highest BCUT2D eigenvalue weighted by Crippen LogP contribution is 2.27. The number of benzene rings is 2. The van der Waals surface area contributed by atoms with Crippen LogP contribution in [0.3, 0.4) is 0 Å². The van der Waals surface area contributed by atoms with Crippen molar-refractivity contribution in [3.63, 3.8) is 0 Å². The van der Waals surface area contributed by atoms with Crippen LogP contribution in [0.25, 0.3) is 23.5 Å². The fourth-order valence-electron chi connectivity index (χ4n) is 2.95. The maximum absolute atomic E-state index is 4.47. The Morgan fingerprint density at radius 3 is 2.46 bits per heavy atom. The van der Waals surface area contributed by atoms with Crippen LogP contribution in [0.4, 0.5) is 0 Å². The molecular formula is C22H20N2. The van der Waals surface area contributed by atoms with Crippen LogP contribution in [0.2, 0.25) is 0 Å². The number of rotatable bonds is 4. The van der Waals surface area contributed by atoms with E-state index in [1.54, 1.807) is 0 Å². The molecule has 4 rings (SSSR count). The van der Waals surface area contributed by atoms with E-state index < -0.39 is 0 Å². The van der Waals surface area contributed by atoms with E-state index in [2.05, 4.69) is 82.8 Å². The van der Waals surface area contributed by atoms with Gasteiger partial charge >= 0.3 is 0 Å². The van der Waals surface area contributed by atoms with E-state index >= 15 is 0 Å². The van der Waals surface area contributed by atoms with Gasteiger partial charge in [-0.25, -0.2) is 4.98 Å². The third-order valence-corrected chi connectivity index (χ3v) is 4.19. The molecule has 1 aliphatic carbocycles. The molecule has 0 saturated carbocycles. The first kappa shape index (κ1) is 14.5. The van der Waals surface area contributed by atoms with Gasteiger partial charge in [0.2, 0.25) is 0 Å². The average Bonchev–Trinajstić information content (AvgIpc) is 3.33. The molecule has 0 bridgehead atoms. The predicted octanol–water partition coefficient (Wildman–Crippen LogP) is 5.70. The lowest BCUT2D eigenvalue weighted by Gasteiger charge is -2.09. The van der Waals surface area contributed by atoms with Gasteiger partial charge in [0.1, 0.15) is 5.82 Å². The monoisotopic (exact) mass is 312 g/mol. The third kappa shape index (κ3) is 2.99. The largest absolute Gasteiger partial charge is 0.338 e. The second-order valence-corrected chi connectivity index (χ2v) is 5.81. The fourth-order valence-corrected chi connectivity index (χ4v) is 2.95. The standard InChI is InChI=1S/C22H18N2.H2/c1-2-11-19(12-3-1)22-23-16-20(24-22)15-14-18-10-6-7-13-21(18)17-8-4-5-9-17;/h1-17H,(H,23,24);1H/b15-14+;. The van der Waals surface area contributed by atoms with Crippen LogP contribution in [-0.4, -0.2) is 9.97 Å². The number of aromatic amines is 1. The van der Waals surface area contributed by atoms with E-state index in [4.69, 9.17) is 0 Å². The Kier molecular flexibility index (Phi) is 3.95. The molecule has 0 spiro atoms. The van der Waals surface area contributed by atoms with Gasteiger partial charge in [-0.1, -0.05) is 85.0 Å². The second-order valence-electron chi connectivity index (χ2n) is 5.81. The van der Waals surface area contributed by atoms with Crippen molar-refractivity contribution in [1.29, 1.82) is 0 Å². The van der Waals surface area contributed by atoms with Crippen molar-refractivity contribution in [3.05, 3.63) is 102 Å². The Balaban J connectivity index is 0.00000182. The number of H-pyrrole nitrogens is 1. The molecule has 0 unspecified atom stereocenters. The minimum absolute atomic E-state index is 0. The van der Waals surface area contributed by atoms with Crippen LogP contribution in [-0.2, 0) is 0 Å². The summed E-state index contributed by atoms with van der Waals surface area (Å²) in [7, 11) is 0. The molecule has 1 aliphatic rings. The lowest BCUT2D eigenvalue weighted by atomic mass is 9.95. The molecule has 118 valence electrons. The van der Waals surface area contributed by atoms with Gasteiger partial charge in [0.25, 0.3) is 0 Å². The highest BCUT2D eigenvalue weighted by atomic mass is 14.9. The summed E-state index contributed by atoms with van der Waals surface area (Å²) in [6, 6.07) is 18.7. The van der Waals surface area contributed by atoms with Crippen molar-refractivity contribution in [1.82, 2.24) is 9.97 Å². The van der Waals surface area contributed by atoms with Gasteiger partial charge in [0, 0.05) is 12.9 Å². The molecule has 0 aliphatic heterocycles. The molecule has 0 saturated heterocycles. The Labute approximate surface area is 143 Å². The van der Waals surface area contributed by atoms with Gasteiger partial charge in [0.05, 0.1) is 11.9 Å². The Morgan fingerprint density at radius 1 is 0.875 bits per heavy atom. The fraction of sp³-hybridized carbons (Fsp3) is 0.0455. The summed E-state index contributed by atoms with van der Waals surface area (Å²) in [5.41, 5.74) is 4.65. The first-order valence-electron chi connectivity index (χ1n) is 8.12. The first-order chi connectivity index (χ1) is 11.9. The zero-order valence-electron chi connectivity index (χ0n) is 13.3. The van der Waals surface area contributed by atoms with Crippen molar-refractivity contribution >= 4 is 12.2 Å². The number of imidazole rings is 1. The Morgan fingerprint density at radius 2 is 1.62 bits per heavy atom. The summed E-state index contributed by atoms with van der Waals surface area (Å²) in [5.74, 6) is 1.26. The number of allylic oxidation sites excluding steroid dienone is 4. The van der Waals surface area contributed by atoms with Crippen LogP contribution in [0, 0.1) is 0 Å². The smallest absolute Gasteiger partial charge is 0.137 e. The van der Waals surface area contributed by atoms with Crippen molar-refractivity contribution in [2.45, 2.75) is 5.92 Å². The summed E-state index contributed by atoms with van der Waals surface area (Å²) in [5, 5.41) is 0.